The van der Waals surface area contributed by atoms with Gasteiger partial charge in [0.2, 0.25) is 17.6 Å². The van der Waals surface area contributed by atoms with Crippen LogP contribution in [0.15, 0.2) is 36.4 Å². The summed E-state index contributed by atoms with van der Waals surface area (Å²) >= 11 is 0. The molecule has 1 unspecified atom stereocenters. The Morgan fingerprint density at radius 1 is 1.03 bits per heavy atom. The van der Waals surface area contributed by atoms with Crippen molar-refractivity contribution < 1.29 is 23.8 Å². The summed E-state index contributed by atoms with van der Waals surface area (Å²) in [4.78, 5) is 29.7. The second-order valence-electron chi connectivity index (χ2n) is 8.24. The Bertz CT molecular complexity index is 981. The molecule has 0 spiro atoms. The molecule has 1 fully saturated rings. The van der Waals surface area contributed by atoms with Crippen molar-refractivity contribution in [3.8, 4) is 17.2 Å². The summed E-state index contributed by atoms with van der Waals surface area (Å²) in [5.74, 6) is 0.710. The lowest BCUT2D eigenvalue weighted by atomic mass is 10.1. The zero-order valence-corrected chi connectivity index (χ0v) is 20.7. The molecule has 1 saturated heterocycles. The first-order chi connectivity index (χ1) is 16.4. The number of carbonyl (C=O) groups excluding carboxylic acids is 2. The van der Waals surface area contributed by atoms with Crippen LogP contribution < -0.4 is 24.4 Å². The van der Waals surface area contributed by atoms with Gasteiger partial charge in [0.25, 0.3) is 0 Å². The van der Waals surface area contributed by atoms with E-state index >= 15 is 0 Å². The number of hydrogen-bond donors (Lipinski definition) is 1. The standard InChI is InChI=1S/C26H35N3O5/c1-6-28(7-2)16-19-11-9-8-10-18(19)15-27-26(31)20-12-24(30)29(17-20)21-13-22(32-3)25(34-5)23(14-21)33-4/h8-11,13-14,20H,6-7,12,15-17H2,1-5H3,(H,27,31). The molecule has 2 amide bonds. The Morgan fingerprint density at radius 3 is 2.21 bits per heavy atom. The van der Waals surface area contributed by atoms with Gasteiger partial charge in [-0.25, -0.2) is 0 Å². The second kappa shape index (κ2) is 11.7. The van der Waals surface area contributed by atoms with Gasteiger partial charge in [-0.2, -0.15) is 0 Å². The number of benzene rings is 2. The first-order valence-electron chi connectivity index (χ1n) is 11.6. The Morgan fingerprint density at radius 2 is 1.65 bits per heavy atom. The highest BCUT2D eigenvalue weighted by Crippen LogP contribution is 2.42. The Hall–Kier alpha value is -3.26. The molecular formula is C26H35N3O5. The number of nitrogens with one attached hydrogen (secondary N) is 1. The number of amides is 2. The second-order valence-corrected chi connectivity index (χ2v) is 8.24. The Kier molecular flexibility index (Phi) is 8.76. The van der Waals surface area contributed by atoms with E-state index in [1.54, 1.807) is 17.0 Å². The SMILES string of the molecule is CCN(CC)Cc1ccccc1CNC(=O)C1CC(=O)N(c2cc(OC)c(OC)c(OC)c2)C1. The molecule has 1 atom stereocenters. The molecule has 1 N–H and O–H groups in total. The van der Waals surface area contributed by atoms with Crippen molar-refractivity contribution in [2.24, 2.45) is 5.92 Å². The molecule has 2 aromatic carbocycles. The third kappa shape index (κ3) is 5.62. The highest BCUT2D eigenvalue weighted by molar-refractivity contribution is 6.00. The molecule has 8 heteroatoms. The van der Waals surface area contributed by atoms with Crippen LogP contribution in [-0.2, 0) is 22.7 Å². The van der Waals surface area contributed by atoms with Crippen molar-refractivity contribution in [1.82, 2.24) is 10.2 Å². The lowest BCUT2D eigenvalue weighted by molar-refractivity contribution is -0.126. The van der Waals surface area contributed by atoms with Crippen LogP contribution in [-0.4, -0.2) is 57.7 Å². The van der Waals surface area contributed by atoms with E-state index in [0.717, 1.165) is 25.2 Å². The first kappa shape index (κ1) is 25.4. The van der Waals surface area contributed by atoms with Crippen LogP contribution in [0.25, 0.3) is 0 Å². The maximum Gasteiger partial charge on any atom is 0.227 e. The van der Waals surface area contributed by atoms with E-state index in [-0.39, 0.29) is 18.2 Å². The third-order valence-electron chi connectivity index (χ3n) is 6.32. The van der Waals surface area contributed by atoms with Crippen molar-refractivity contribution >= 4 is 17.5 Å². The monoisotopic (exact) mass is 469 g/mol. The van der Waals surface area contributed by atoms with Crippen LogP contribution in [0.2, 0.25) is 0 Å². The highest BCUT2D eigenvalue weighted by Gasteiger charge is 2.36. The maximum atomic E-state index is 13.0. The molecule has 2 aromatic rings. The smallest absolute Gasteiger partial charge is 0.227 e. The Balaban J connectivity index is 1.69. The van der Waals surface area contributed by atoms with Gasteiger partial charge < -0.3 is 24.4 Å². The maximum absolute atomic E-state index is 13.0. The van der Waals surface area contributed by atoms with Gasteiger partial charge in [-0.15, -0.1) is 0 Å². The number of ether oxygens (including phenoxy) is 3. The van der Waals surface area contributed by atoms with Gasteiger partial charge in [-0.1, -0.05) is 38.1 Å². The molecular weight excluding hydrogens is 434 g/mol. The van der Waals surface area contributed by atoms with E-state index in [9.17, 15) is 9.59 Å². The fourth-order valence-electron chi connectivity index (χ4n) is 4.25. The summed E-state index contributed by atoms with van der Waals surface area (Å²) in [6.45, 7) is 7.80. The van der Waals surface area contributed by atoms with Crippen LogP contribution >= 0.6 is 0 Å². The fraction of sp³-hybridized carbons (Fsp3) is 0.462. The summed E-state index contributed by atoms with van der Waals surface area (Å²) in [5.41, 5.74) is 2.90. The molecule has 1 heterocycles. The molecule has 1 aliphatic rings. The predicted octanol–water partition coefficient (Wildman–Crippen LogP) is 3.22. The van der Waals surface area contributed by atoms with Gasteiger partial charge >= 0.3 is 0 Å². The van der Waals surface area contributed by atoms with Crippen molar-refractivity contribution in [1.29, 1.82) is 0 Å². The third-order valence-corrected chi connectivity index (χ3v) is 6.32. The molecule has 0 radical (unpaired) electrons. The highest BCUT2D eigenvalue weighted by atomic mass is 16.5. The summed E-state index contributed by atoms with van der Waals surface area (Å²) in [6, 6.07) is 11.6. The largest absolute Gasteiger partial charge is 0.493 e. The molecule has 0 bridgehead atoms. The molecule has 0 saturated carbocycles. The predicted molar refractivity (Wildman–Crippen MR) is 131 cm³/mol. The van der Waals surface area contributed by atoms with Crippen LogP contribution in [0.5, 0.6) is 17.2 Å². The van der Waals surface area contributed by atoms with E-state index in [1.807, 2.05) is 18.2 Å². The normalized spacial score (nSPS) is 15.5. The summed E-state index contributed by atoms with van der Waals surface area (Å²) < 4.78 is 16.2. The summed E-state index contributed by atoms with van der Waals surface area (Å²) in [7, 11) is 4.59. The average Bonchev–Trinajstić information content (AvgIpc) is 3.26. The molecule has 0 aliphatic carbocycles. The van der Waals surface area contributed by atoms with Gasteiger partial charge in [-0.05, 0) is 24.2 Å². The zero-order chi connectivity index (χ0) is 24.7. The lowest BCUT2D eigenvalue weighted by Gasteiger charge is -2.21. The summed E-state index contributed by atoms with van der Waals surface area (Å²) in [5, 5.41) is 3.04. The molecule has 8 nitrogen and oxygen atoms in total. The number of nitrogens with zero attached hydrogens (tertiary/aromatic N) is 2. The molecule has 0 aromatic heterocycles. The zero-order valence-electron chi connectivity index (χ0n) is 20.7. The van der Waals surface area contributed by atoms with Crippen LogP contribution in [0.3, 0.4) is 0 Å². The number of rotatable bonds is 11. The van der Waals surface area contributed by atoms with Crippen LogP contribution in [0.1, 0.15) is 31.4 Å². The molecule has 184 valence electrons. The minimum Gasteiger partial charge on any atom is -0.493 e. The van der Waals surface area contributed by atoms with Crippen LogP contribution in [0, 0.1) is 5.92 Å². The lowest BCUT2D eigenvalue weighted by Crippen LogP contribution is -2.33. The minimum atomic E-state index is -0.429. The molecule has 3 rings (SSSR count). The van der Waals surface area contributed by atoms with Gasteiger partial charge in [0, 0.05) is 38.2 Å². The first-order valence-corrected chi connectivity index (χ1v) is 11.6. The van der Waals surface area contributed by atoms with E-state index in [2.05, 4.69) is 30.1 Å². The fourth-order valence-corrected chi connectivity index (χ4v) is 4.25. The number of carbonyl (C=O) groups is 2. The quantitative estimate of drug-likeness (QED) is 0.544. The van der Waals surface area contributed by atoms with Crippen molar-refractivity contribution in [3.63, 3.8) is 0 Å². The van der Waals surface area contributed by atoms with E-state index in [4.69, 9.17) is 14.2 Å². The van der Waals surface area contributed by atoms with Crippen LogP contribution in [0.4, 0.5) is 5.69 Å². The van der Waals surface area contributed by atoms with Gasteiger partial charge in [0.05, 0.1) is 32.9 Å². The van der Waals surface area contributed by atoms with E-state index in [1.165, 1.54) is 26.9 Å². The number of hydrogen-bond acceptors (Lipinski definition) is 6. The van der Waals surface area contributed by atoms with Crippen molar-refractivity contribution in [3.05, 3.63) is 47.5 Å². The van der Waals surface area contributed by atoms with E-state index < -0.39 is 5.92 Å². The Labute approximate surface area is 201 Å². The van der Waals surface area contributed by atoms with Gasteiger partial charge in [-0.3, -0.25) is 14.5 Å². The van der Waals surface area contributed by atoms with E-state index in [0.29, 0.717) is 36.0 Å². The molecule has 34 heavy (non-hydrogen) atoms. The number of methoxy groups -OCH3 is 3. The van der Waals surface area contributed by atoms with Gasteiger partial charge in [0.1, 0.15) is 0 Å². The summed E-state index contributed by atoms with van der Waals surface area (Å²) in [6.07, 6.45) is 0.156. The average molecular weight is 470 g/mol. The molecule has 1 aliphatic heterocycles. The topological polar surface area (TPSA) is 80.3 Å². The van der Waals surface area contributed by atoms with Crippen molar-refractivity contribution in [2.45, 2.75) is 33.4 Å². The van der Waals surface area contributed by atoms with Gasteiger partial charge in [0.15, 0.2) is 11.5 Å². The van der Waals surface area contributed by atoms with Crippen molar-refractivity contribution in [2.75, 3.05) is 45.9 Å². The minimum absolute atomic E-state index is 0.114. The number of anilines is 1.